The van der Waals surface area contributed by atoms with Gasteiger partial charge in [-0.2, -0.15) is 0 Å². The number of benzene rings is 1. The van der Waals surface area contributed by atoms with E-state index in [1.165, 1.54) is 22.5 Å². The predicted octanol–water partition coefficient (Wildman–Crippen LogP) is 3.50. The Bertz CT molecular complexity index is 853. The van der Waals surface area contributed by atoms with Gasteiger partial charge in [0.05, 0.1) is 16.4 Å². The Kier molecular flexibility index (Phi) is 3.64. The number of H-pyrrole nitrogens is 1. The maximum atomic E-state index is 12.6. The number of aromatic amines is 1. The number of nitrogens with one attached hydrogen (secondary N) is 3. The lowest BCUT2D eigenvalue weighted by Crippen LogP contribution is -2.41. The third-order valence-electron chi connectivity index (χ3n) is 4.38. The maximum absolute atomic E-state index is 12.6. The molecule has 0 bridgehead atoms. The molecule has 0 unspecified atom stereocenters. The van der Waals surface area contributed by atoms with E-state index in [1.807, 2.05) is 31.3 Å². The van der Waals surface area contributed by atoms with Gasteiger partial charge in [0.2, 0.25) is 0 Å². The zero-order valence-electron chi connectivity index (χ0n) is 12.5. The topological polar surface area (TPSA) is 56.9 Å². The number of carbonyl (C=O) groups is 1. The number of aromatic nitrogens is 1. The standard InChI is InChI=1S/C17H16ClN3OS/c1-19-15-11-5-3-2-4-9(11)6-12(15)20-16(22)13-7-10-8-14(18)23-17(10)21-13/h2-5,7-8,12,15,19,21H,6H2,1H3,(H,20,22)/t12-,15+/m1/s1. The van der Waals surface area contributed by atoms with Crippen LogP contribution in [0.5, 0.6) is 0 Å². The summed E-state index contributed by atoms with van der Waals surface area (Å²) in [6.45, 7) is 0. The number of carbonyl (C=O) groups excluding carboxylic acids is 1. The van der Waals surface area contributed by atoms with E-state index in [1.54, 1.807) is 0 Å². The average Bonchev–Trinajstić information content (AvgIpc) is 3.16. The number of halogens is 1. The highest BCUT2D eigenvalue weighted by Crippen LogP contribution is 2.32. The van der Waals surface area contributed by atoms with E-state index in [2.05, 4.69) is 27.8 Å². The molecule has 0 spiro atoms. The predicted molar refractivity (Wildman–Crippen MR) is 94.4 cm³/mol. The van der Waals surface area contributed by atoms with Gasteiger partial charge in [-0.25, -0.2) is 0 Å². The fraction of sp³-hybridized carbons (Fsp3) is 0.235. The molecule has 4 rings (SSSR count). The lowest BCUT2D eigenvalue weighted by Gasteiger charge is -2.21. The van der Waals surface area contributed by atoms with E-state index in [9.17, 15) is 4.79 Å². The van der Waals surface area contributed by atoms with Crippen LogP contribution in [0.15, 0.2) is 36.4 Å². The van der Waals surface area contributed by atoms with Crippen molar-refractivity contribution in [2.24, 2.45) is 0 Å². The van der Waals surface area contributed by atoms with Crippen LogP contribution in [0.25, 0.3) is 10.2 Å². The molecule has 0 saturated heterocycles. The van der Waals surface area contributed by atoms with Crippen molar-refractivity contribution in [2.75, 3.05) is 7.05 Å². The maximum Gasteiger partial charge on any atom is 0.268 e. The van der Waals surface area contributed by atoms with Gasteiger partial charge in [0.1, 0.15) is 10.5 Å². The Morgan fingerprint density at radius 1 is 1.35 bits per heavy atom. The Morgan fingerprint density at radius 2 is 2.17 bits per heavy atom. The Labute approximate surface area is 142 Å². The molecule has 2 aromatic heterocycles. The number of hydrogen-bond donors (Lipinski definition) is 3. The third-order valence-corrected chi connectivity index (χ3v) is 5.58. The molecular formula is C17H16ClN3OS. The van der Waals surface area contributed by atoms with Gasteiger partial charge in [-0.15, -0.1) is 11.3 Å². The van der Waals surface area contributed by atoms with Crippen molar-refractivity contribution in [1.82, 2.24) is 15.6 Å². The molecule has 6 heteroatoms. The fourth-order valence-corrected chi connectivity index (χ4v) is 4.47. The lowest BCUT2D eigenvalue weighted by molar-refractivity contribution is 0.0927. The highest BCUT2D eigenvalue weighted by Gasteiger charge is 2.32. The summed E-state index contributed by atoms with van der Waals surface area (Å²) in [5.41, 5.74) is 3.13. The summed E-state index contributed by atoms with van der Waals surface area (Å²) in [6, 6.07) is 12.2. The van der Waals surface area contributed by atoms with Crippen LogP contribution in [0.3, 0.4) is 0 Å². The van der Waals surface area contributed by atoms with Gasteiger partial charge in [-0.1, -0.05) is 35.9 Å². The van der Waals surface area contributed by atoms with E-state index < -0.39 is 0 Å². The number of fused-ring (bicyclic) bond motifs is 2. The van der Waals surface area contributed by atoms with Crippen LogP contribution in [0.1, 0.15) is 27.7 Å². The van der Waals surface area contributed by atoms with Gasteiger partial charge < -0.3 is 15.6 Å². The average molecular weight is 346 g/mol. The molecule has 2 atom stereocenters. The summed E-state index contributed by atoms with van der Waals surface area (Å²) in [5, 5.41) is 7.44. The quantitative estimate of drug-likeness (QED) is 0.680. The first-order chi connectivity index (χ1) is 11.2. The summed E-state index contributed by atoms with van der Waals surface area (Å²) < 4.78 is 0.722. The summed E-state index contributed by atoms with van der Waals surface area (Å²) >= 11 is 7.42. The van der Waals surface area contributed by atoms with Crippen LogP contribution in [-0.4, -0.2) is 24.0 Å². The van der Waals surface area contributed by atoms with E-state index in [-0.39, 0.29) is 18.0 Å². The molecule has 1 aliphatic carbocycles. The molecule has 0 radical (unpaired) electrons. The van der Waals surface area contributed by atoms with Crippen LogP contribution < -0.4 is 10.6 Å². The second-order valence-electron chi connectivity index (χ2n) is 5.77. The largest absolute Gasteiger partial charge is 0.346 e. The van der Waals surface area contributed by atoms with Crippen molar-refractivity contribution < 1.29 is 4.79 Å². The number of hydrogen-bond acceptors (Lipinski definition) is 3. The molecule has 1 amide bonds. The monoisotopic (exact) mass is 345 g/mol. The summed E-state index contributed by atoms with van der Waals surface area (Å²) in [6.07, 6.45) is 0.842. The zero-order chi connectivity index (χ0) is 16.0. The molecule has 0 aliphatic heterocycles. The minimum absolute atomic E-state index is 0.0508. The molecule has 3 aromatic rings. The highest BCUT2D eigenvalue weighted by molar-refractivity contribution is 7.22. The first-order valence-electron chi connectivity index (χ1n) is 7.49. The number of likely N-dealkylation sites (N-methyl/N-ethyl adjacent to an activating group) is 1. The van der Waals surface area contributed by atoms with Gasteiger partial charge >= 0.3 is 0 Å². The number of rotatable bonds is 3. The Morgan fingerprint density at radius 3 is 2.96 bits per heavy atom. The van der Waals surface area contributed by atoms with E-state index >= 15 is 0 Å². The van der Waals surface area contributed by atoms with Gasteiger partial charge in [-0.3, -0.25) is 4.79 Å². The molecule has 1 aromatic carbocycles. The second-order valence-corrected chi connectivity index (χ2v) is 7.45. The molecule has 0 fully saturated rings. The van der Waals surface area contributed by atoms with Crippen LogP contribution in [0, 0.1) is 0 Å². The van der Waals surface area contributed by atoms with Gasteiger partial charge in [-0.05, 0) is 36.7 Å². The molecule has 4 nitrogen and oxygen atoms in total. The van der Waals surface area contributed by atoms with Crippen molar-refractivity contribution in [3.8, 4) is 0 Å². The van der Waals surface area contributed by atoms with Crippen LogP contribution in [0.4, 0.5) is 0 Å². The minimum atomic E-state index is -0.0809. The third kappa shape index (κ3) is 2.55. The molecule has 118 valence electrons. The first kappa shape index (κ1) is 14.8. The number of amides is 1. The lowest BCUT2D eigenvalue weighted by atomic mass is 10.1. The molecule has 23 heavy (non-hydrogen) atoms. The van der Waals surface area contributed by atoms with Gasteiger partial charge in [0, 0.05) is 5.39 Å². The van der Waals surface area contributed by atoms with Gasteiger partial charge in [0.25, 0.3) is 5.91 Å². The molecule has 3 N–H and O–H groups in total. The smallest absolute Gasteiger partial charge is 0.268 e. The first-order valence-corrected chi connectivity index (χ1v) is 8.69. The van der Waals surface area contributed by atoms with E-state index in [4.69, 9.17) is 11.6 Å². The normalized spacial score (nSPS) is 19.9. The Hall–Kier alpha value is -1.82. The molecular weight excluding hydrogens is 330 g/mol. The number of thiophene rings is 1. The summed E-state index contributed by atoms with van der Waals surface area (Å²) in [5.74, 6) is -0.0809. The van der Waals surface area contributed by atoms with Crippen molar-refractivity contribution in [2.45, 2.75) is 18.5 Å². The molecule has 0 saturated carbocycles. The molecule has 2 heterocycles. The summed E-state index contributed by atoms with van der Waals surface area (Å²) in [4.78, 5) is 16.6. The van der Waals surface area contributed by atoms with Gasteiger partial charge in [0.15, 0.2) is 0 Å². The van der Waals surface area contributed by atoms with Crippen LogP contribution in [0.2, 0.25) is 4.34 Å². The van der Waals surface area contributed by atoms with E-state index in [0.717, 1.165) is 21.0 Å². The molecule has 1 aliphatic rings. The summed E-state index contributed by atoms with van der Waals surface area (Å²) in [7, 11) is 1.93. The van der Waals surface area contributed by atoms with Crippen molar-refractivity contribution in [3.63, 3.8) is 0 Å². The Balaban J connectivity index is 1.55. The van der Waals surface area contributed by atoms with E-state index in [0.29, 0.717) is 5.69 Å². The van der Waals surface area contributed by atoms with Crippen LogP contribution >= 0.6 is 22.9 Å². The minimum Gasteiger partial charge on any atom is -0.346 e. The second kappa shape index (κ2) is 5.67. The zero-order valence-corrected chi connectivity index (χ0v) is 14.1. The van der Waals surface area contributed by atoms with Crippen molar-refractivity contribution in [1.29, 1.82) is 0 Å². The highest BCUT2D eigenvalue weighted by atomic mass is 35.5. The van der Waals surface area contributed by atoms with Crippen molar-refractivity contribution >= 4 is 39.1 Å². The fourth-order valence-electron chi connectivity index (χ4n) is 3.35. The van der Waals surface area contributed by atoms with Crippen molar-refractivity contribution in [3.05, 3.63) is 57.6 Å². The van der Waals surface area contributed by atoms with Crippen LogP contribution in [-0.2, 0) is 6.42 Å². The SMILES string of the molecule is CN[C@H]1c2ccccc2C[C@H]1NC(=O)c1cc2cc(Cl)sc2[nH]1.